The normalized spacial score (nSPS) is 6.29. The number of hydrogen-bond acceptors (Lipinski definition) is 2. The van der Waals surface area contributed by atoms with E-state index in [0.717, 1.165) is 0 Å². The van der Waals surface area contributed by atoms with Gasteiger partial charge in [-0.3, -0.25) is 9.59 Å². The molecule has 0 bridgehead atoms. The van der Waals surface area contributed by atoms with Crippen molar-refractivity contribution in [2.45, 2.75) is 0 Å². The van der Waals surface area contributed by atoms with Crippen LogP contribution in [0.25, 0.3) is 0 Å². The maximum atomic E-state index is 9.45. The fourth-order valence-corrected chi connectivity index (χ4v) is 0. The molecule has 0 aliphatic heterocycles. The number of carbonyl (C=O) groups is 2. The molecular weight excluding hydrogens is 149 g/mol. The van der Waals surface area contributed by atoms with Gasteiger partial charge in [0.25, 0.3) is 0 Å². The second kappa shape index (κ2) is 3.74. The number of primary amides is 2. The summed E-state index contributed by atoms with van der Waals surface area (Å²) in [6.07, 6.45) is 0. The fraction of sp³-hybridized carbons (Fsp3) is 0. The van der Waals surface area contributed by atoms with Gasteiger partial charge in [-0.2, -0.15) is 0 Å². The smallest absolute Gasteiger partial charge is 0.306 e. The molecule has 0 radical (unpaired) electrons. The molecule has 0 spiro atoms. The molecule has 0 aromatic heterocycles. The van der Waals surface area contributed by atoms with Gasteiger partial charge in [-0.05, 0) is 0 Å². The summed E-state index contributed by atoms with van der Waals surface area (Å²) in [5, 5.41) is 0. The zero-order valence-electron chi connectivity index (χ0n) is 3.68. The van der Waals surface area contributed by atoms with E-state index < -0.39 is 11.8 Å². The Morgan fingerprint density at radius 3 is 1.14 bits per heavy atom. The first-order valence-electron chi connectivity index (χ1n) is 1.24. The first-order valence-corrected chi connectivity index (χ1v) is 1.24. The second-order valence-corrected chi connectivity index (χ2v) is 0.729. The van der Waals surface area contributed by atoms with Crippen LogP contribution in [0.5, 0.6) is 0 Å². The summed E-state index contributed by atoms with van der Waals surface area (Å²) in [6, 6.07) is 0. The molecule has 4 nitrogen and oxygen atoms in total. The van der Waals surface area contributed by atoms with Gasteiger partial charge in [-0.1, -0.05) is 0 Å². The molecule has 36 valence electrons. The van der Waals surface area contributed by atoms with E-state index in [4.69, 9.17) is 0 Å². The fourth-order valence-electron chi connectivity index (χ4n) is 0. The average molecular weight is 153 g/mol. The molecule has 0 fully saturated rings. The predicted molar refractivity (Wildman–Crippen MR) is 18.4 cm³/mol. The Labute approximate surface area is 53.0 Å². The predicted octanol–water partition coefficient (Wildman–Crippen LogP) is -2.05. The third-order valence-electron chi connectivity index (χ3n) is 0.243. The molecular formula is C2H4N2O2Zn. The van der Waals surface area contributed by atoms with Gasteiger partial charge in [0.05, 0.1) is 0 Å². The van der Waals surface area contributed by atoms with Crippen LogP contribution in [0.3, 0.4) is 0 Å². The minimum absolute atomic E-state index is 0. The van der Waals surface area contributed by atoms with E-state index in [0.29, 0.717) is 0 Å². The summed E-state index contributed by atoms with van der Waals surface area (Å²) >= 11 is 0. The Balaban J connectivity index is 0. The third-order valence-corrected chi connectivity index (χ3v) is 0.243. The van der Waals surface area contributed by atoms with Gasteiger partial charge in [0.1, 0.15) is 0 Å². The van der Waals surface area contributed by atoms with Crippen molar-refractivity contribution in [2.75, 3.05) is 0 Å². The molecule has 0 aromatic rings. The molecule has 0 saturated heterocycles. The van der Waals surface area contributed by atoms with Gasteiger partial charge in [0.2, 0.25) is 0 Å². The Kier molecular flexibility index (Phi) is 5.22. The first-order chi connectivity index (χ1) is 2.64. The molecule has 4 N–H and O–H groups in total. The zero-order valence-corrected chi connectivity index (χ0v) is 6.65. The van der Waals surface area contributed by atoms with Crippen LogP contribution in [-0.4, -0.2) is 11.8 Å². The summed E-state index contributed by atoms with van der Waals surface area (Å²) in [5.74, 6) is -2.20. The molecule has 0 aliphatic rings. The molecule has 0 atom stereocenters. The van der Waals surface area contributed by atoms with Crippen molar-refractivity contribution < 1.29 is 29.1 Å². The van der Waals surface area contributed by atoms with Crippen molar-refractivity contribution in [1.29, 1.82) is 0 Å². The van der Waals surface area contributed by atoms with Crippen LogP contribution in [0, 0.1) is 0 Å². The molecule has 0 aliphatic carbocycles. The van der Waals surface area contributed by atoms with Gasteiger partial charge in [-0.25, -0.2) is 0 Å². The van der Waals surface area contributed by atoms with Crippen LogP contribution in [0.15, 0.2) is 0 Å². The van der Waals surface area contributed by atoms with Gasteiger partial charge in [0, 0.05) is 19.5 Å². The Hall–Kier alpha value is -0.437. The molecule has 2 amide bonds. The van der Waals surface area contributed by atoms with E-state index in [1.807, 2.05) is 0 Å². The van der Waals surface area contributed by atoms with Crippen molar-refractivity contribution >= 4 is 11.8 Å². The SMILES string of the molecule is NC(=O)C(N)=O.[Zn]. The van der Waals surface area contributed by atoms with E-state index in [1.54, 1.807) is 0 Å². The van der Waals surface area contributed by atoms with Gasteiger partial charge in [-0.15, -0.1) is 0 Å². The average Bonchev–Trinajstić information content (AvgIpc) is 1.36. The largest absolute Gasteiger partial charge is 0.361 e. The van der Waals surface area contributed by atoms with Gasteiger partial charge in [0.15, 0.2) is 0 Å². The standard InChI is InChI=1S/C2H4N2O2.Zn/c3-1(5)2(4)6;/h(H2,3,5)(H2,4,6);. The maximum absolute atomic E-state index is 9.45. The van der Waals surface area contributed by atoms with Gasteiger partial charge >= 0.3 is 11.8 Å². The van der Waals surface area contributed by atoms with E-state index in [1.165, 1.54) is 0 Å². The molecule has 0 unspecified atom stereocenters. The van der Waals surface area contributed by atoms with Crippen molar-refractivity contribution in [3.8, 4) is 0 Å². The molecule has 0 rings (SSSR count). The quantitative estimate of drug-likeness (QED) is 0.310. The van der Waals surface area contributed by atoms with E-state index in [-0.39, 0.29) is 19.5 Å². The summed E-state index contributed by atoms with van der Waals surface area (Å²) in [5.41, 5.74) is 8.64. The van der Waals surface area contributed by atoms with Crippen molar-refractivity contribution in [1.82, 2.24) is 0 Å². The monoisotopic (exact) mass is 152 g/mol. The van der Waals surface area contributed by atoms with Crippen molar-refractivity contribution in [3.05, 3.63) is 0 Å². The summed E-state index contributed by atoms with van der Waals surface area (Å²) in [7, 11) is 0. The topological polar surface area (TPSA) is 86.2 Å². The van der Waals surface area contributed by atoms with Crippen LogP contribution in [0.2, 0.25) is 0 Å². The minimum Gasteiger partial charge on any atom is -0.361 e. The zero-order chi connectivity index (χ0) is 5.15. The van der Waals surface area contributed by atoms with E-state index in [2.05, 4.69) is 11.5 Å². The molecule has 0 heterocycles. The number of amides is 2. The van der Waals surface area contributed by atoms with Crippen LogP contribution in [0.1, 0.15) is 0 Å². The molecule has 0 aromatic carbocycles. The second-order valence-electron chi connectivity index (χ2n) is 0.729. The molecule has 0 saturated carbocycles. The number of rotatable bonds is 0. The van der Waals surface area contributed by atoms with Crippen LogP contribution in [0.4, 0.5) is 0 Å². The summed E-state index contributed by atoms with van der Waals surface area (Å²) in [6.45, 7) is 0. The Morgan fingerprint density at radius 1 is 1.00 bits per heavy atom. The third kappa shape index (κ3) is 5.56. The molecule has 5 heteroatoms. The van der Waals surface area contributed by atoms with Gasteiger partial charge < -0.3 is 11.5 Å². The van der Waals surface area contributed by atoms with Crippen LogP contribution in [-0.2, 0) is 29.1 Å². The first kappa shape index (κ1) is 9.76. The maximum Gasteiger partial charge on any atom is 0.306 e. The number of nitrogens with two attached hydrogens (primary N) is 2. The Morgan fingerprint density at radius 2 is 1.14 bits per heavy atom. The van der Waals surface area contributed by atoms with Crippen LogP contribution < -0.4 is 11.5 Å². The van der Waals surface area contributed by atoms with E-state index >= 15 is 0 Å². The van der Waals surface area contributed by atoms with E-state index in [9.17, 15) is 9.59 Å². The number of carbonyl (C=O) groups excluding carboxylic acids is 2. The Bertz CT molecular complexity index is 79.7. The minimum atomic E-state index is -1.10. The van der Waals surface area contributed by atoms with Crippen molar-refractivity contribution in [3.63, 3.8) is 0 Å². The van der Waals surface area contributed by atoms with Crippen molar-refractivity contribution in [2.24, 2.45) is 11.5 Å². The molecule has 7 heavy (non-hydrogen) atoms. The number of hydrogen-bond donors (Lipinski definition) is 2. The summed E-state index contributed by atoms with van der Waals surface area (Å²) in [4.78, 5) is 18.9. The summed E-state index contributed by atoms with van der Waals surface area (Å²) < 4.78 is 0. The van der Waals surface area contributed by atoms with Crippen LogP contribution >= 0.6 is 0 Å².